The van der Waals surface area contributed by atoms with Crippen molar-refractivity contribution >= 4 is 11.3 Å². The minimum Gasteiger partial charge on any atom is -0.376 e. The van der Waals surface area contributed by atoms with Crippen molar-refractivity contribution in [1.29, 1.82) is 0 Å². The molecule has 0 saturated heterocycles. The van der Waals surface area contributed by atoms with Crippen LogP contribution in [0.3, 0.4) is 0 Å². The van der Waals surface area contributed by atoms with Crippen LogP contribution < -0.4 is 11.3 Å². The summed E-state index contributed by atoms with van der Waals surface area (Å²) in [7, 11) is 1.50. The van der Waals surface area contributed by atoms with Crippen LogP contribution in [-0.4, -0.2) is 17.7 Å². The van der Waals surface area contributed by atoms with Crippen LogP contribution in [-0.2, 0) is 10.9 Å². The van der Waals surface area contributed by atoms with Crippen LogP contribution in [0.25, 0.3) is 0 Å². The van der Waals surface area contributed by atoms with E-state index in [4.69, 9.17) is 10.6 Å². The summed E-state index contributed by atoms with van der Waals surface area (Å²) in [6, 6.07) is -0.541. The summed E-state index contributed by atoms with van der Waals surface area (Å²) in [6.07, 6.45) is -2.65. The van der Waals surface area contributed by atoms with Gasteiger partial charge in [-0.05, 0) is 13.3 Å². The van der Waals surface area contributed by atoms with Gasteiger partial charge in [-0.2, -0.15) is 13.2 Å². The largest absolute Gasteiger partial charge is 0.443 e. The number of hydrogen-bond donors (Lipinski definition) is 2. The number of methoxy groups -OCH3 is 1. The van der Waals surface area contributed by atoms with Gasteiger partial charge in [-0.25, -0.2) is 10.4 Å². The van der Waals surface area contributed by atoms with Crippen LogP contribution in [0.15, 0.2) is 6.20 Å². The first-order valence-corrected chi connectivity index (χ1v) is 6.14. The first kappa shape index (κ1) is 15.4. The highest BCUT2D eigenvalue weighted by Gasteiger charge is 2.39. The molecule has 2 unspecified atom stereocenters. The van der Waals surface area contributed by atoms with Crippen LogP contribution in [0.1, 0.15) is 36.2 Å². The lowest BCUT2D eigenvalue weighted by atomic mass is 9.93. The number of hydrazine groups is 1. The third-order valence-electron chi connectivity index (χ3n) is 3.00. The standard InChI is InChI=1S/C10H16F3N3OS/c1-4-9(2,17-3)7(16-14)6-5-15-8(18-6)10(11,12)13/h5,7,16H,4,14H2,1-3H3. The Morgan fingerprint density at radius 1 is 1.56 bits per heavy atom. The van der Waals surface area contributed by atoms with Crippen LogP contribution in [0.4, 0.5) is 13.2 Å². The third kappa shape index (κ3) is 3.00. The molecule has 0 aliphatic rings. The maximum Gasteiger partial charge on any atom is 0.443 e. The Bertz CT molecular complexity index is 390. The fraction of sp³-hybridized carbons (Fsp3) is 0.700. The van der Waals surface area contributed by atoms with Gasteiger partial charge in [-0.1, -0.05) is 6.92 Å². The van der Waals surface area contributed by atoms with Gasteiger partial charge in [0.1, 0.15) is 0 Å². The Hall–Kier alpha value is -0.700. The number of thiazole rings is 1. The van der Waals surface area contributed by atoms with Gasteiger partial charge in [0.25, 0.3) is 0 Å². The number of rotatable bonds is 5. The highest BCUT2D eigenvalue weighted by molar-refractivity contribution is 7.11. The molecule has 0 bridgehead atoms. The van der Waals surface area contributed by atoms with Gasteiger partial charge in [0.2, 0.25) is 0 Å². The topological polar surface area (TPSA) is 60.2 Å². The van der Waals surface area contributed by atoms with Crippen LogP contribution in [0.2, 0.25) is 0 Å². The summed E-state index contributed by atoms with van der Waals surface area (Å²) in [5.41, 5.74) is 1.81. The zero-order valence-corrected chi connectivity index (χ0v) is 11.2. The third-order valence-corrected chi connectivity index (χ3v) is 4.10. The molecule has 1 aromatic rings. The number of nitrogens with one attached hydrogen (secondary N) is 1. The van der Waals surface area contributed by atoms with E-state index >= 15 is 0 Å². The summed E-state index contributed by atoms with van der Waals surface area (Å²) in [4.78, 5) is 3.78. The van der Waals surface area contributed by atoms with Crippen LogP contribution >= 0.6 is 11.3 Å². The first-order chi connectivity index (χ1) is 8.28. The quantitative estimate of drug-likeness (QED) is 0.644. The lowest BCUT2D eigenvalue weighted by Crippen LogP contribution is -2.45. The van der Waals surface area contributed by atoms with Crippen molar-refractivity contribution in [3.05, 3.63) is 16.1 Å². The van der Waals surface area contributed by atoms with E-state index in [9.17, 15) is 13.2 Å². The average molecular weight is 283 g/mol. The zero-order chi connectivity index (χ0) is 14.0. The second-order valence-electron chi connectivity index (χ2n) is 4.04. The van der Waals surface area contributed by atoms with Crippen LogP contribution in [0, 0.1) is 0 Å². The average Bonchev–Trinajstić information content (AvgIpc) is 2.78. The van der Waals surface area contributed by atoms with Crippen LogP contribution in [0.5, 0.6) is 0 Å². The number of aromatic nitrogens is 1. The van der Waals surface area contributed by atoms with E-state index in [1.807, 2.05) is 6.92 Å². The smallest absolute Gasteiger partial charge is 0.376 e. The molecule has 0 amide bonds. The van der Waals surface area contributed by atoms with Crippen molar-refractivity contribution in [1.82, 2.24) is 10.4 Å². The summed E-state index contributed by atoms with van der Waals surface area (Å²) in [5, 5.41) is -0.882. The highest BCUT2D eigenvalue weighted by Crippen LogP contribution is 2.38. The van der Waals surface area contributed by atoms with E-state index in [2.05, 4.69) is 10.4 Å². The minimum absolute atomic E-state index is 0.399. The van der Waals surface area contributed by atoms with Crippen molar-refractivity contribution in [3.8, 4) is 0 Å². The number of nitrogens with zero attached hydrogens (tertiary/aromatic N) is 1. The molecule has 0 radical (unpaired) electrons. The first-order valence-electron chi connectivity index (χ1n) is 5.32. The Morgan fingerprint density at radius 2 is 2.17 bits per heavy atom. The van der Waals surface area contributed by atoms with E-state index in [1.165, 1.54) is 13.3 Å². The van der Waals surface area contributed by atoms with Gasteiger partial charge in [-0.3, -0.25) is 5.84 Å². The molecule has 4 nitrogen and oxygen atoms in total. The molecule has 2 atom stereocenters. The maximum absolute atomic E-state index is 12.5. The molecular weight excluding hydrogens is 267 g/mol. The minimum atomic E-state index is -4.43. The second kappa shape index (κ2) is 5.52. The fourth-order valence-corrected chi connectivity index (χ4v) is 2.56. The molecule has 0 aliphatic carbocycles. The second-order valence-corrected chi connectivity index (χ2v) is 5.10. The molecule has 0 fully saturated rings. The number of alkyl halides is 3. The molecule has 18 heavy (non-hydrogen) atoms. The molecular formula is C10H16F3N3OS. The summed E-state index contributed by atoms with van der Waals surface area (Å²) in [5.74, 6) is 5.43. The van der Waals surface area contributed by atoms with E-state index in [0.717, 1.165) is 0 Å². The molecule has 0 spiro atoms. The van der Waals surface area contributed by atoms with Crippen molar-refractivity contribution in [3.63, 3.8) is 0 Å². The highest BCUT2D eigenvalue weighted by atomic mass is 32.1. The lowest BCUT2D eigenvalue weighted by molar-refractivity contribution is -0.137. The van der Waals surface area contributed by atoms with E-state index < -0.39 is 22.8 Å². The molecule has 0 aromatic carbocycles. The van der Waals surface area contributed by atoms with E-state index in [0.29, 0.717) is 22.6 Å². The Kier molecular flexibility index (Phi) is 4.71. The molecule has 104 valence electrons. The van der Waals surface area contributed by atoms with Gasteiger partial charge >= 0.3 is 6.18 Å². The predicted molar refractivity (Wildman–Crippen MR) is 62.9 cm³/mol. The predicted octanol–water partition coefficient (Wildman–Crippen LogP) is 2.48. The number of hydrogen-bond acceptors (Lipinski definition) is 5. The SMILES string of the molecule is CCC(C)(OC)C(NN)c1cnc(C(F)(F)F)s1. The van der Waals surface area contributed by atoms with Crippen molar-refractivity contribution in [2.75, 3.05) is 7.11 Å². The molecule has 0 aliphatic heterocycles. The molecule has 1 aromatic heterocycles. The van der Waals surface area contributed by atoms with E-state index in [-0.39, 0.29) is 0 Å². The van der Waals surface area contributed by atoms with E-state index in [1.54, 1.807) is 6.92 Å². The Balaban J connectivity index is 3.07. The Labute approximate surface area is 107 Å². The van der Waals surface area contributed by atoms with Gasteiger partial charge in [0, 0.05) is 18.2 Å². The van der Waals surface area contributed by atoms with Crippen molar-refractivity contribution < 1.29 is 17.9 Å². The van der Waals surface area contributed by atoms with Gasteiger partial charge in [0.05, 0.1) is 11.6 Å². The van der Waals surface area contributed by atoms with Gasteiger partial charge in [0.15, 0.2) is 5.01 Å². The van der Waals surface area contributed by atoms with Crippen molar-refractivity contribution in [2.45, 2.75) is 38.1 Å². The molecule has 1 heterocycles. The zero-order valence-electron chi connectivity index (χ0n) is 10.3. The van der Waals surface area contributed by atoms with Crippen molar-refractivity contribution in [2.24, 2.45) is 5.84 Å². The van der Waals surface area contributed by atoms with Gasteiger partial charge in [-0.15, -0.1) is 11.3 Å². The molecule has 1 rings (SSSR count). The molecule has 0 saturated carbocycles. The lowest BCUT2D eigenvalue weighted by Gasteiger charge is -2.34. The summed E-state index contributed by atoms with van der Waals surface area (Å²) in [6.45, 7) is 3.66. The summed E-state index contributed by atoms with van der Waals surface area (Å²) < 4.78 is 42.8. The number of ether oxygens (including phenoxy) is 1. The molecule has 8 heteroatoms. The maximum atomic E-state index is 12.5. The fourth-order valence-electron chi connectivity index (χ4n) is 1.58. The summed E-state index contributed by atoms with van der Waals surface area (Å²) >= 11 is 0.572. The number of halogens is 3. The number of nitrogens with two attached hydrogens (primary N) is 1. The van der Waals surface area contributed by atoms with Gasteiger partial charge < -0.3 is 4.74 Å². The molecule has 3 N–H and O–H groups in total. The normalized spacial score (nSPS) is 17.5. The Morgan fingerprint density at radius 3 is 2.50 bits per heavy atom. The monoisotopic (exact) mass is 283 g/mol.